The van der Waals surface area contributed by atoms with E-state index in [0.717, 1.165) is 30.1 Å². The molecule has 2 atom stereocenters. The van der Waals surface area contributed by atoms with Crippen molar-refractivity contribution in [1.29, 1.82) is 0 Å². The summed E-state index contributed by atoms with van der Waals surface area (Å²) in [5, 5.41) is 7.24. The molecule has 1 N–H and O–H groups in total. The van der Waals surface area contributed by atoms with Gasteiger partial charge >= 0.3 is 0 Å². The van der Waals surface area contributed by atoms with Crippen LogP contribution in [0.3, 0.4) is 0 Å². The van der Waals surface area contributed by atoms with Crippen LogP contribution in [0.25, 0.3) is 0 Å². The highest BCUT2D eigenvalue weighted by Crippen LogP contribution is 2.26. The molecule has 5 nitrogen and oxygen atoms in total. The average Bonchev–Trinajstić information content (AvgIpc) is 2.81. The minimum absolute atomic E-state index is 0. The predicted molar refractivity (Wildman–Crippen MR) is 61.4 cm³/mol. The molecule has 2 saturated heterocycles. The molecule has 16 heavy (non-hydrogen) atoms. The molecule has 0 unspecified atom stereocenters. The molecule has 90 valence electrons. The normalized spacial score (nSPS) is 29.1. The number of nitrogens with one attached hydrogen (secondary N) is 1. The van der Waals surface area contributed by atoms with Crippen molar-refractivity contribution in [2.24, 2.45) is 11.8 Å². The van der Waals surface area contributed by atoms with Crippen LogP contribution < -0.4 is 5.32 Å². The van der Waals surface area contributed by atoms with Gasteiger partial charge in [-0.1, -0.05) is 5.16 Å². The number of aryl methyl sites for hydroxylation is 1. The van der Waals surface area contributed by atoms with E-state index in [-0.39, 0.29) is 12.4 Å². The number of likely N-dealkylation sites (tertiary alicyclic amines) is 1. The molecule has 6 heteroatoms. The lowest BCUT2D eigenvalue weighted by atomic mass is 10.0. The van der Waals surface area contributed by atoms with Crippen molar-refractivity contribution < 1.29 is 4.52 Å². The Hall–Kier alpha value is -0.650. The van der Waals surface area contributed by atoms with Gasteiger partial charge < -0.3 is 9.84 Å². The van der Waals surface area contributed by atoms with Gasteiger partial charge in [0.2, 0.25) is 5.89 Å². The van der Waals surface area contributed by atoms with Gasteiger partial charge in [0, 0.05) is 13.1 Å². The highest BCUT2D eigenvalue weighted by atomic mass is 35.5. The molecule has 0 radical (unpaired) electrons. The number of fused-ring (bicyclic) bond motifs is 1. The maximum absolute atomic E-state index is 5.13. The molecule has 0 aliphatic carbocycles. The summed E-state index contributed by atoms with van der Waals surface area (Å²) in [6, 6.07) is 0. The standard InChI is InChI=1S/C10H16N4O.ClH/c1-7-12-10(15-13-7)6-14-4-8-2-11-3-9(8)5-14;/h8-9,11H,2-6H2,1H3;1H/t8-,9+;. The van der Waals surface area contributed by atoms with E-state index < -0.39 is 0 Å². The summed E-state index contributed by atoms with van der Waals surface area (Å²) in [6.07, 6.45) is 0. The minimum atomic E-state index is 0. The lowest BCUT2D eigenvalue weighted by Crippen LogP contribution is -2.25. The minimum Gasteiger partial charge on any atom is -0.338 e. The smallest absolute Gasteiger partial charge is 0.240 e. The molecule has 2 aliphatic rings. The molecular formula is C10H17ClN4O. The molecule has 3 heterocycles. The second kappa shape index (κ2) is 4.69. The summed E-state index contributed by atoms with van der Waals surface area (Å²) in [5.74, 6) is 3.13. The van der Waals surface area contributed by atoms with Crippen LogP contribution in [0.4, 0.5) is 0 Å². The molecular weight excluding hydrogens is 228 g/mol. The summed E-state index contributed by atoms with van der Waals surface area (Å²) in [6.45, 7) is 7.34. The van der Waals surface area contributed by atoms with Crippen LogP contribution in [-0.2, 0) is 6.54 Å². The topological polar surface area (TPSA) is 54.2 Å². The quantitative estimate of drug-likeness (QED) is 0.819. The molecule has 2 aliphatic heterocycles. The van der Waals surface area contributed by atoms with Gasteiger partial charge in [0.05, 0.1) is 6.54 Å². The maximum Gasteiger partial charge on any atom is 0.240 e. The third-order valence-corrected chi connectivity index (χ3v) is 3.39. The zero-order chi connectivity index (χ0) is 10.3. The predicted octanol–water partition coefficient (Wildman–Crippen LogP) is 0.451. The van der Waals surface area contributed by atoms with E-state index in [1.54, 1.807) is 0 Å². The molecule has 0 aromatic carbocycles. The van der Waals surface area contributed by atoms with E-state index in [1.165, 1.54) is 26.2 Å². The van der Waals surface area contributed by atoms with Crippen molar-refractivity contribution in [2.75, 3.05) is 26.2 Å². The van der Waals surface area contributed by atoms with Gasteiger partial charge in [-0.25, -0.2) is 0 Å². The first-order valence-electron chi connectivity index (χ1n) is 5.53. The molecule has 0 spiro atoms. The van der Waals surface area contributed by atoms with Crippen molar-refractivity contribution in [2.45, 2.75) is 13.5 Å². The Morgan fingerprint density at radius 1 is 1.38 bits per heavy atom. The van der Waals surface area contributed by atoms with Crippen LogP contribution in [0.5, 0.6) is 0 Å². The molecule has 3 rings (SSSR count). The van der Waals surface area contributed by atoms with E-state index >= 15 is 0 Å². The first kappa shape index (κ1) is 11.8. The Kier molecular flexibility index (Phi) is 3.47. The number of hydrogen-bond acceptors (Lipinski definition) is 5. The number of rotatable bonds is 2. The summed E-state index contributed by atoms with van der Waals surface area (Å²) < 4.78 is 5.13. The Morgan fingerprint density at radius 3 is 2.62 bits per heavy atom. The van der Waals surface area contributed by atoms with E-state index in [9.17, 15) is 0 Å². The molecule has 0 saturated carbocycles. The summed E-state index contributed by atoms with van der Waals surface area (Å²) in [4.78, 5) is 6.65. The molecule has 0 amide bonds. The van der Waals surface area contributed by atoms with Gasteiger partial charge in [-0.3, -0.25) is 4.90 Å². The van der Waals surface area contributed by atoms with Crippen molar-refractivity contribution in [1.82, 2.24) is 20.4 Å². The van der Waals surface area contributed by atoms with Crippen molar-refractivity contribution in [3.05, 3.63) is 11.7 Å². The van der Waals surface area contributed by atoms with Crippen molar-refractivity contribution in [3.63, 3.8) is 0 Å². The molecule has 0 bridgehead atoms. The van der Waals surface area contributed by atoms with Crippen LogP contribution in [-0.4, -0.2) is 41.2 Å². The van der Waals surface area contributed by atoms with Gasteiger partial charge in [0.15, 0.2) is 5.82 Å². The Labute approximate surface area is 101 Å². The first-order chi connectivity index (χ1) is 7.31. The van der Waals surface area contributed by atoms with E-state index in [2.05, 4.69) is 20.4 Å². The summed E-state index contributed by atoms with van der Waals surface area (Å²) in [5.41, 5.74) is 0. The summed E-state index contributed by atoms with van der Waals surface area (Å²) in [7, 11) is 0. The molecule has 2 fully saturated rings. The number of aromatic nitrogens is 2. The summed E-state index contributed by atoms with van der Waals surface area (Å²) >= 11 is 0. The van der Waals surface area contributed by atoms with Gasteiger partial charge in [-0.05, 0) is 31.8 Å². The molecule has 1 aromatic heterocycles. The Morgan fingerprint density at radius 2 is 2.06 bits per heavy atom. The SMILES string of the molecule is Cc1noc(CN2C[C@H]3CNC[C@H]3C2)n1.Cl. The van der Waals surface area contributed by atoms with Gasteiger partial charge in [0.25, 0.3) is 0 Å². The number of nitrogens with zero attached hydrogens (tertiary/aromatic N) is 3. The second-order valence-corrected chi connectivity index (χ2v) is 4.61. The van der Waals surface area contributed by atoms with Crippen molar-refractivity contribution >= 4 is 12.4 Å². The fraction of sp³-hybridized carbons (Fsp3) is 0.800. The third kappa shape index (κ3) is 2.21. The Balaban J connectivity index is 0.000000963. The van der Waals surface area contributed by atoms with Crippen molar-refractivity contribution in [3.8, 4) is 0 Å². The molecule has 1 aromatic rings. The van der Waals surface area contributed by atoms with Crippen LogP contribution in [0, 0.1) is 18.8 Å². The van der Waals surface area contributed by atoms with Crippen LogP contribution >= 0.6 is 12.4 Å². The number of hydrogen-bond donors (Lipinski definition) is 1. The van der Waals surface area contributed by atoms with Gasteiger partial charge in [-0.15, -0.1) is 12.4 Å². The van der Waals surface area contributed by atoms with Gasteiger partial charge in [-0.2, -0.15) is 4.98 Å². The highest BCUT2D eigenvalue weighted by Gasteiger charge is 2.36. The van der Waals surface area contributed by atoms with Crippen LogP contribution in [0.1, 0.15) is 11.7 Å². The lowest BCUT2D eigenvalue weighted by molar-refractivity contribution is 0.253. The van der Waals surface area contributed by atoms with Crippen LogP contribution in [0.2, 0.25) is 0 Å². The zero-order valence-electron chi connectivity index (χ0n) is 9.35. The average molecular weight is 245 g/mol. The largest absolute Gasteiger partial charge is 0.338 e. The first-order valence-corrected chi connectivity index (χ1v) is 5.53. The van der Waals surface area contributed by atoms with Crippen LogP contribution in [0.15, 0.2) is 4.52 Å². The zero-order valence-corrected chi connectivity index (χ0v) is 10.2. The third-order valence-electron chi connectivity index (χ3n) is 3.39. The highest BCUT2D eigenvalue weighted by molar-refractivity contribution is 5.85. The fourth-order valence-corrected chi connectivity index (χ4v) is 2.68. The van der Waals surface area contributed by atoms with E-state index in [4.69, 9.17) is 4.52 Å². The van der Waals surface area contributed by atoms with Gasteiger partial charge in [0.1, 0.15) is 0 Å². The Bertz CT molecular complexity index is 344. The fourth-order valence-electron chi connectivity index (χ4n) is 2.68. The second-order valence-electron chi connectivity index (χ2n) is 4.61. The van der Waals surface area contributed by atoms with E-state index in [1.807, 2.05) is 6.92 Å². The maximum atomic E-state index is 5.13. The monoisotopic (exact) mass is 244 g/mol. The number of halogens is 1. The lowest BCUT2D eigenvalue weighted by Gasteiger charge is -2.13. The van der Waals surface area contributed by atoms with E-state index in [0.29, 0.717) is 0 Å².